The predicted octanol–water partition coefficient (Wildman–Crippen LogP) is 4.08. The van der Waals surface area contributed by atoms with Gasteiger partial charge in [-0.15, -0.1) is 24.0 Å². The van der Waals surface area contributed by atoms with Crippen molar-refractivity contribution in [3.8, 4) is 0 Å². The Morgan fingerprint density at radius 3 is 2.45 bits per heavy atom. The summed E-state index contributed by atoms with van der Waals surface area (Å²) in [4.78, 5) is 4.51. The van der Waals surface area contributed by atoms with Crippen LogP contribution in [0.3, 0.4) is 0 Å². The summed E-state index contributed by atoms with van der Waals surface area (Å²) in [7, 11) is 0. The Hall–Kier alpha value is -0.0400. The minimum Gasteiger partial charge on any atom is -0.382 e. The van der Waals surface area contributed by atoms with Crippen LogP contribution >= 0.6 is 24.0 Å². The minimum atomic E-state index is 0. The number of unbranched alkanes of at least 4 members (excludes halogenated alkanes) is 5. The molecule has 1 aliphatic carbocycles. The summed E-state index contributed by atoms with van der Waals surface area (Å²) in [6.45, 7) is 7.77. The first-order chi connectivity index (χ1) is 10.2. The van der Waals surface area contributed by atoms with Crippen molar-refractivity contribution in [2.24, 2.45) is 16.1 Å². The summed E-state index contributed by atoms with van der Waals surface area (Å²) in [5.74, 6) is 0.617. The maximum Gasteiger partial charge on any atom is 0.188 e. The molecule has 1 saturated carbocycles. The van der Waals surface area contributed by atoms with Crippen LogP contribution in [0.4, 0.5) is 0 Å². The Kier molecular flexibility index (Phi) is 13.4. The van der Waals surface area contributed by atoms with Gasteiger partial charge < -0.3 is 15.8 Å². The normalized spacial score (nSPS) is 16.2. The van der Waals surface area contributed by atoms with Crippen LogP contribution in [-0.2, 0) is 4.74 Å². The first-order valence-corrected chi connectivity index (χ1v) is 8.84. The fourth-order valence-corrected chi connectivity index (χ4v) is 2.53. The lowest BCUT2D eigenvalue weighted by atomic mass is 10.0. The highest BCUT2D eigenvalue weighted by Gasteiger charge is 2.41. The van der Waals surface area contributed by atoms with Crippen molar-refractivity contribution in [1.82, 2.24) is 5.32 Å². The predicted molar refractivity (Wildman–Crippen MR) is 106 cm³/mol. The van der Waals surface area contributed by atoms with Crippen LogP contribution in [0.5, 0.6) is 0 Å². The average molecular weight is 425 g/mol. The van der Waals surface area contributed by atoms with Gasteiger partial charge in [-0.05, 0) is 38.0 Å². The fourth-order valence-electron chi connectivity index (χ4n) is 2.53. The van der Waals surface area contributed by atoms with Crippen LogP contribution in [0.1, 0.15) is 71.6 Å². The molecule has 0 saturated heterocycles. The minimum absolute atomic E-state index is 0. The average Bonchev–Trinajstić information content (AvgIpc) is 3.25. The van der Waals surface area contributed by atoms with Crippen molar-refractivity contribution >= 4 is 29.9 Å². The summed E-state index contributed by atoms with van der Waals surface area (Å²) in [6.07, 6.45) is 11.5. The summed E-state index contributed by atoms with van der Waals surface area (Å²) in [6, 6.07) is 0. The molecule has 0 aromatic carbocycles. The highest BCUT2D eigenvalue weighted by molar-refractivity contribution is 14.0. The fraction of sp³-hybridized carbons (Fsp3) is 0.941. The Balaban J connectivity index is 0.00000441. The Morgan fingerprint density at radius 2 is 1.82 bits per heavy atom. The lowest BCUT2D eigenvalue weighted by Gasteiger charge is -2.13. The molecule has 4 nitrogen and oxygen atoms in total. The quantitative estimate of drug-likeness (QED) is 0.202. The molecule has 0 heterocycles. The molecule has 0 radical (unpaired) electrons. The number of nitrogens with zero attached hydrogens (tertiary/aromatic N) is 1. The second-order valence-corrected chi connectivity index (χ2v) is 6.34. The van der Waals surface area contributed by atoms with E-state index in [9.17, 15) is 0 Å². The summed E-state index contributed by atoms with van der Waals surface area (Å²) in [5.41, 5.74) is 6.32. The number of ether oxygens (including phenoxy) is 1. The van der Waals surface area contributed by atoms with E-state index in [1.807, 2.05) is 6.92 Å². The number of aliphatic imine (C=N–C) groups is 1. The Bertz CT molecular complexity index is 294. The molecule has 0 aromatic rings. The number of hydrogen-bond acceptors (Lipinski definition) is 2. The maximum atomic E-state index is 5.93. The van der Waals surface area contributed by atoms with Crippen molar-refractivity contribution in [2.75, 3.05) is 26.3 Å². The van der Waals surface area contributed by atoms with Gasteiger partial charge in [-0.2, -0.15) is 0 Å². The summed E-state index contributed by atoms with van der Waals surface area (Å²) >= 11 is 0. The standard InChI is InChI=1S/C17H35N3O.HI/c1-3-5-6-7-8-9-13-19-16(18)20-15-17(10-11-17)12-14-21-4-2;/h3-15H2,1-2H3,(H3,18,19,20);1H. The summed E-state index contributed by atoms with van der Waals surface area (Å²) < 4.78 is 5.44. The zero-order chi connectivity index (χ0) is 15.4. The third-order valence-corrected chi connectivity index (χ3v) is 4.36. The zero-order valence-electron chi connectivity index (χ0n) is 14.5. The number of nitrogens with two attached hydrogens (primary N) is 1. The first kappa shape index (κ1) is 22.0. The lowest BCUT2D eigenvalue weighted by Crippen LogP contribution is -2.33. The smallest absolute Gasteiger partial charge is 0.188 e. The van der Waals surface area contributed by atoms with Gasteiger partial charge in [-0.25, -0.2) is 0 Å². The Morgan fingerprint density at radius 1 is 1.14 bits per heavy atom. The van der Waals surface area contributed by atoms with Gasteiger partial charge in [-0.3, -0.25) is 4.99 Å². The number of nitrogens with one attached hydrogen (secondary N) is 1. The van der Waals surface area contributed by atoms with Gasteiger partial charge in [0.15, 0.2) is 5.96 Å². The molecule has 0 bridgehead atoms. The van der Waals surface area contributed by atoms with Crippen molar-refractivity contribution < 1.29 is 4.74 Å². The van der Waals surface area contributed by atoms with E-state index in [0.717, 1.165) is 32.7 Å². The molecule has 0 spiro atoms. The molecular formula is C17H36IN3O. The van der Waals surface area contributed by atoms with E-state index in [0.29, 0.717) is 11.4 Å². The monoisotopic (exact) mass is 425 g/mol. The number of guanidine groups is 1. The molecule has 132 valence electrons. The van der Waals surface area contributed by atoms with E-state index in [1.165, 1.54) is 51.4 Å². The highest BCUT2D eigenvalue weighted by atomic mass is 127. The molecule has 1 fully saturated rings. The molecule has 0 amide bonds. The van der Waals surface area contributed by atoms with Crippen molar-refractivity contribution in [3.05, 3.63) is 0 Å². The molecule has 22 heavy (non-hydrogen) atoms. The second-order valence-electron chi connectivity index (χ2n) is 6.34. The van der Waals surface area contributed by atoms with Crippen LogP contribution in [0, 0.1) is 5.41 Å². The van der Waals surface area contributed by atoms with Crippen LogP contribution in [0.25, 0.3) is 0 Å². The number of rotatable bonds is 13. The van der Waals surface area contributed by atoms with Crippen molar-refractivity contribution in [2.45, 2.75) is 71.6 Å². The Labute approximate surface area is 154 Å². The molecule has 1 aliphatic rings. The maximum absolute atomic E-state index is 5.93. The molecule has 0 atom stereocenters. The molecule has 1 rings (SSSR count). The third-order valence-electron chi connectivity index (χ3n) is 4.36. The molecular weight excluding hydrogens is 389 g/mol. The largest absolute Gasteiger partial charge is 0.382 e. The second kappa shape index (κ2) is 13.4. The van der Waals surface area contributed by atoms with Gasteiger partial charge in [-0.1, -0.05) is 39.0 Å². The first-order valence-electron chi connectivity index (χ1n) is 8.84. The van der Waals surface area contributed by atoms with E-state index in [2.05, 4.69) is 17.2 Å². The zero-order valence-corrected chi connectivity index (χ0v) is 16.9. The lowest BCUT2D eigenvalue weighted by molar-refractivity contribution is 0.129. The number of hydrogen-bond donors (Lipinski definition) is 2. The van der Waals surface area contributed by atoms with Gasteiger partial charge in [0.25, 0.3) is 0 Å². The van der Waals surface area contributed by atoms with Crippen LogP contribution < -0.4 is 11.1 Å². The van der Waals surface area contributed by atoms with Crippen LogP contribution in [-0.4, -0.2) is 32.3 Å². The molecule has 0 aliphatic heterocycles. The van der Waals surface area contributed by atoms with E-state index in [1.54, 1.807) is 0 Å². The third kappa shape index (κ3) is 10.6. The topological polar surface area (TPSA) is 59.6 Å². The van der Waals surface area contributed by atoms with E-state index < -0.39 is 0 Å². The van der Waals surface area contributed by atoms with Gasteiger partial charge in [0.05, 0.1) is 0 Å². The molecule has 0 unspecified atom stereocenters. The van der Waals surface area contributed by atoms with Gasteiger partial charge in [0.2, 0.25) is 0 Å². The van der Waals surface area contributed by atoms with Crippen molar-refractivity contribution in [1.29, 1.82) is 0 Å². The van der Waals surface area contributed by atoms with Crippen LogP contribution in [0.15, 0.2) is 4.99 Å². The number of halogens is 1. The molecule has 5 heteroatoms. The van der Waals surface area contributed by atoms with E-state index in [4.69, 9.17) is 10.5 Å². The van der Waals surface area contributed by atoms with Gasteiger partial charge >= 0.3 is 0 Å². The SMILES string of the molecule is CCCCCCCCNC(N)=NCC1(CCOCC)CC1.I. The molecule has 3 N–H and O–H groups in total. The summed E-state index contributed by atoms with van der Waals surface area (Å²) in [5, 5.41) is 3.24. The van der Waals surface area contributed by atoms with Gasteiger partial charge in [0, 0.05) is 26.3 Å². The highest BCUT2D eigenvalue weighted by Crippen LogP contribution is 2.48. The van der Waals surface area contributed by atoms with E-state index in [-0.39, 0.29) is 24.0 Å². The van der Waals surface area contributed by atoms with Crippen molar-refractivity contribution in [3.63, 3.8) is 0 Å². The van der Waals surface area contributed by atoms with Crippen LogP contribution in [0.2, 0.25) is 0 Å². The van der Waals surface area contributed by atoms with E-state index >= 15 is 0 Å². The van der Waals surface area contributed by atoms with Gasteiger partial charge in [0.1, 0.15) is 0 Å². The molecule has 0 aromatic heterocycles.